The Labute approximate surface area is 218 Å². The number of carbonyl (C=O) groups excluding carboxylic acids is 2. The van der Waals surface area contributed by atoms with Gasteiger partial charge in [-0.25, -0.2) is 4.98 Å². The third kappa shape index (κ3) is 10.7. The number of aromatic nitrogens is 1. The van der Waals surface area contributed by atoms with Gasteiger partial charge in [-0.05, 0) is 49.7 Å². The van der Waals surface area contributed by atoms with Crippen molar-refractivity contribution in [1.82, 2.24) is 10.3 Å². The second-order valence-corrected chi connectivity index (χ2v) is 10.5. The van der Waals surface area contributed by atoms with Crippen LogP contribution < -0.4 is 5.32 Å². The summed E-state index contributed by atoms with van der Waals surface area (Å²) in [6.45, 7) is 18.3. The van der Waals surface area contributed by atoms with Gasteiger partial charge in [0.2, 0.25) is 5.91 Å². The first kappa shape index (κ1) is 31.6. The van der Waals surface area contributed by atoms with E-state index in [2.05, 4.69) is 70.1 Å². The van der Waals surface area contributed by atoms with Gasteiger partial charge in [0.25, 0.3) is 0 Å². The zero-order valence-electron chi connectivity index (χ0n) is 23.8. The molecule has 6 atom stereocenters. The van der Waals surface area contributed by atoms with Crippen LogP contribution in [0.5, 0.6) is 0 Å². The molecular weight excluding hydrogens is 452 g/mol. The van der Waals surface area contributed by atoms with E-state index >= 15 is 0 Å². The Hall–Kier alpha value is -2.47. The minimum Gasteiger partial charge on any atom is -0.449 e. The third-order valence-corrected chi connectivity index (χ3v) is 6.81. The van der Waals surface area contributed by atoms with Crippen LogP contribution in [-0.2, 0) is 9.59 Å². The summed E-state index contributed by atoms with van der Waals surface area (Å²) in [7, 11) is 0. The molecule has 0 aromatic carbocycles. The van der Waals surface area contributed by atoms with E-state index in [1.165, 1.54) is 6.42 Å². The lowest BCUT2D eigenvalue weighted by molar-refractivity contribution is -0.128. The van der Waals surface area contributed by atoms with Crippen LogP contribution in [0.4, 0.5) is 0 Å². The molecular formula is C30H48N2O4. The Bertz CT molecular complexity index is 927. The molecule has 6 nitrogen and oxygen atoms in total. The summed E-state index contributed by atoms with van der Waals surface area (Å²) in [6.07, 6.45) is 10.9. The van der Waals surface area contributed by atoms with Crippen LogP contribution in [-0.4, -0.2) is 33.9 Å². The monoisotopic (exact) mass is 500 g/mol. The summed E-state index contributed by atoms with van der Waals surface area (Å²) < 4.78 is 5.30. The van der Waals surface area contributed by atoms with Crippen molar-refractivity contribution in [3.05, 3.63) is 47.2 Å². The summed E-state index contributed by atoms with van der Waals surface area (Å²) in [5.74, 6) is 0.670. The van der Waals surface area contributed by atoms with E-state index in [1.807, 2.05) is 19.9 Å². The van der Waals surface area contributed by atoms with Crippen molar-refractivity contribution in [2.24, 2.45) is 23.7 Å². The number of oxazole rings is 1. The molecule has 0 spiro atoms. The predicted octanol–water partition coefficient (Wildman–Crippen LogP) is 6.45. The first-order valence-corrected chi connectivity index (χ1v) is 13.3. The number of hydrogen-bond acceptors (Lipinski definition) is 5. The van der Waals surface area contributed by atoms with Crippen molar-refractivity contribution in [3.63, 3.8) is 0 Å². The number of aryl methyl sites for hydroxylation is 1. The maximum absolute atomic E-state index is 12.8. The first-order chi connectivity index (χ1) is 16.9. The number of nitrogens with one attached hydrogen (secondary N) is 1. The van der Waals surface area contributed by atoms with Gasteiger partial charge in [-0.15, -0.1) is 0 Å². The maximum atomic E-state index is 12.8. The minimum atomic E-state index is -0.994. The lowest BCUT2D eigenvalue weighted by atomic mass is 9.79. The molecule has 202 valence electrons. The van der Waals surface area contributed by atoms with Crippen LogP contribution in [0.1, 0.15) is 92.7 Å². The van der Waals surface area contributed by atoms with Crippen LogP contribution in [0.25, 0.3) is 6.08 Å². The fraction of sp³-hybridized carbons (Fsp3) is 0.633. The lowest BCUT2D eigenvalue weighted by Crippen LogP contribution is -2.41. The average Bonchev–Trinajstić information content (AvgIpc) is 3.20. The molecule has 1 aromatic heterocycles. The molecule has 0 unspecified atom stereocenters. The molecule has 0 bridgehead atoms. The van der Waals surface area contributed by atoms with E-state index in [9.17, 15) is 14.7 Å². The molecule has 0 saturated heterocycles. The number of nitrogens with zero attached hydrogens (tertiary/aromatic N) is 1. The summed E-state index contributed by atoms with van der Waals surface area (Å²) >= 11 is 0. The molecule has 6 heteroatoms. The van der Waals surface area contributed by atoms with Crippen molar-refractivity contribution >= 4 is 17.8 Å². The van der Waals surface area contributed by atoms with Crippen molar-refractivity contribution in [1.29, 1.82) is 0 Å². The molecule has 1 aromatic rings. The molecule has 2 N–H and O–H groups in total. The van der Waals surface area contributed by atoms with Gasteiger partial charge in [0, 0.05) is 19.3 Å². The second kappa shape index (κ2) is 15.6. The molecule has 1 aliphatic rings. The number of amides is 1. The normalized spacial score (nSPS) is 31.5. The Morgan fingerprint density at radius 1 is 1.17 bits per heavy atom. The number of aliphatic hydroxyl groups excluding tert-OH is 1. The Kier molecular flexibility index (Phi) is 13.7. The fourth-order valence-electron chi connectivity index (χ4n) is 4.40. The maximum Gasteiger partial charge on any atom is 0.223 e. The molecule has 1 aliphatic heterocycles. The SMILES string of the molecule is CC1=C/[C@H](C)[C@@H](/C(C)=C/c2coc(C)n2)NC(=O)C[C@H](O)CC(=O)[C@H](C)[C@@H](C)[C@@H](C)C\C=C\1.CCC. The summed E-state index contributed by atoms with van der Waals surface area (Å²) in [5.41, 5.74) is 2.74. The van der Waals surface area contributed by atoms with Crippen LogP contribution in [0.15, 0.2) is 40.1 Å². The number of carbonyl (C=O) groups is 2. The molecule has 0 saturated carbocycles. The first-order valence-electron chi connectivity index (χ1n) is 13.3. The van der Waals surface area contributed by atoms with Gasteiger partial charge in [0.1, 0.15) is 17.7 Å². The summed E-state index contributed by atoms with van der Waals surface area (Å²) in [4.78, 5) is 29.9. The Morgan fingerprint density at radius 2 is 1.81 bits per heavy atom. The third-order valence-electron chi connectivity index (χ3n) is 6.81. The van der Waals surface area contributed by atoms with Gasteiger partial charge in [0.15, 0.2) is 5.89 Å². The topological polar surface area (TPSA) is 92.4 Å². The van der Waals surface area contributed by atoms with Crippen molar-refractivity contribution in [3.8, 4) is 0 Å². The van der Waals surface area contributed by atoms with E-state index in [4.69, 9.17) is 4.42 Å². The lowest BCUT2D eigenvalue weighted by Gasteiger charge is -2.27. The molecule has 1 amide bonds. The Balaban J connectivity index is 0.00000205. The van der Waals surface area contributed by atoms with Gasteiger partial charge in [0.05, 0.1) is 18.6 Å². The number of aliphatic hydroxyl groups is 1. The largest absolute Gasteiger partial charge is 0.449 e. The Morgan fingerprint density at radius 3 is 2.39 bits per heavy atom. The summed E-state index contributed by atoms with van der Waals surface area (Å²) in [6, 6.07) is -0.286. The molecule has 0 radical (unpaired) electrons. The van der Waals surface area contributed by atoms with Gasteiger partial charge in [-0.1, -0.05) is 71.8 Å². The van der Waals surface area contributed by atoms with Gasteiger partial charge in [-0.2, -0.15) is 0 Å². The van der Waals surface area contributed by atoms with Crippen molar-refractivity contribution < 1.29 is 19.1 Å². The fourth-order valence-corrected chi connectivity index (χ4v) is 4.40. The number of Topliss-reactive ketones (excluding diaryl/α,β-unsaturated/α-hetero) is 1. The van der Waals surface area contributed by atoms with Crippen molar-refractivity contribution in [2.75, 3.05) is 0 Å². The highest BCUT2D eigenvalue weighted by molar-refractivity contribution is 5.83. The highest BCUT2D eigenvalue weighted by Crippen LogP contribution is 2.27. The second-order valence-electron chi connectivity index (χ2n) is 10.5. The van der Waals surface area contributed by atoms with E-state index in [-0.39, 0.29) is 48.3 Å². The van der Waals surface area contributed by atoms with Crippen LogP contribution in [0, 0.1) is 30.6 Å². The molecule has 0 aliphatic carbocycles. The smallest absolute Gasteiger partial charge is 0.223 e. The van der Waals surface area contributed by atoms with Crippen LogP contribution >= 0.6 is 0 Å². The van der Waals surface area contributed by atoms with Crippen LogP contribution in [0.2, 0.25) is 0 Å². The van der Waals surface area contributed by atoms with E-state index < -0.39 is 6.10 Å². The van der Waals surface area contributed by atoms with E-state index in [1.54, 1.807) is 13.2 Å². The van der Waals surface area contributed by atoms with Gasteiger partial charge < -0.3 is 14.8 Å². The van der Waals surface area contributed by atoms with Crippen molar-refractivity contribution in [2.45, 2.75) is 100 Å². The number of allylic oxidation sites excluding steroid dienone is 3. The van der Waals surface area contributed by atoms with Gasteiger partial charge >= 0.3 is 0 Å². The molecule has 2 heterocycles. The summed E-state index contributed by atoms with van der Waals surface area (Å²) in [5, 5.41) is 13.5. The van der Waals surface area contributed by atoms with Crippen LogP contribution in [0.3, 0.4) is 0 Å². The highest BCUT2D eigenvalue weighted by atomic mass is 16.3. The minimum absolute atomic E-state index is 0.00389. The number of ketones is 1. The predicted molar refractivity (Wildman–Crippen MR) is 147 cm³/mol. The standard InChI is InChI=1S/C27H40N2O4.C3H8/c1-16-9-8-10-17(2)20(5)21(6)25(31)13-24(30)14-26(32)29-27(18(3)11-16)19(4)12-23-15-33-22(7)28-23;1-3-2/h8-9,11-12,15,17-18,20-21,24,27,30H,10,13-14H2,1-7H3,(H,29,32);3H2,1-2H3/b9-8+,16-11-,19-12+;/t17-,18-,20-,21+,24+,27-;/m0./s1. The number of rotatable bonds is 2. The zero-order chi connectivity index (χ0) is 27.4. The quantitative estimate of drug-likeness (QED) is 0.487. The molecule has 36 heavy (non-hydrogen) atoms. The molecule has 2 rings (SSSR count). The highest BCUT2D eigenvalue weighted by Gasteiger charge is 2.28. The molecule has 0 fully saturated rings. The number of hydrogen-bond donors (Lipinski definition) is 2. The van der Waals surface area contributed by atoms with E-state index in [0.29, 0.717) is 17.5 Å². The zero-order valence-corrected chi connectivity index (χ0v) is 23.8. The van der Waals surface area contributed by atoms with Gasteiger partial charge in [-0.3, -0.25) is 9.59 Å². The van der Waals surface area contributed by atoms with E-state index in [0.717, 1.165) is 17.6 Å². The average molecular weight is 501 g/mol.